The molecule has 3 heterocycles. The van der Waals surface area contributed by atoms with Gasteiger partial charge in [-0.2, -0.15) is 10.1 Å². The number of para-hydroxylation sites is 1. The summed E-state index contributed by atoms with van der Waals surface area (Å²) in [5.41, 5.74) is 1.57. The average molecular weight is 379 g/mol. The Labute approximate surface area is 163 Å². The third-order valence-corrected chi connectivity index (χ3v) is 5.05. The molecule has 4 rings (SSSR count). The van der Waals surface area contributed by atoms with E-state index >= 15 is 0 Å². The second-order valence-electron chi connectivity index (χ2n) is 7.41. The molecule has 1 N–H and O–H groups in total. The molecule has 3 aromatic rings. The van der Waals surface area contributed by atoms with E-state index in [4.69, 9.17) is 4.98 Å². The maximum Gasteiger partial charge on any atom is 0.347 e. The number of aromatic nitrogens is 5. The number of hydrogen-bond acceptors (Lipinski definition) is 6. The van der Waals surface area contributed by atoms with Crippen LogP contribution in [0.5, 0.6) is 0 Å². The summed E-state index contributed by atoms with van der Waals surface area (Å²) in [7, 11) is 3.89. The minimum Gasteiger partial charge on any atom is -0.356 e. The molecule has 1 aliphatic heterocycles. The maximum atomic E-state index is 12.4. The zero-order valence-electron chi connectivity index (χ0n) is 16.5. The van der Waals surface area contributed by atoms with Gasteiger partial charge in [0.05, 0.1) is 5.69 Å². The fourth-order valence-corrected chi connectivity index (χ4v) is 3.70. The normalized spacial score (nSPS) is 17.0. The van der Waals surface area contributed by atoms with E-state index in [9.17, 15) is 4.79 Å². The van der Waals surface area contributed by atoms with Gasteiger partial charge in [0, 0.05) is 44.9 Å². The zero-order chi connectivity index (χ0) is 19.7. The lowest BCUT2D eigenvalue weighted by atomic mass is 9.97. The number of nitrogens with one attached hydrogen (secondary N) is 1. The topological polar surface area (TPSA) is 82.9 Å². The first-order valence-corrected chi connectivity index (χ1v) is 9.53. The number of aromatic amines is 1. The molecule has 146 valence electrons. The number of aryl methyl sites for hydroxylation is 1. The first kappa shape index (κ1) is 18.2. The van der Waals surface area contributed by atoms with Crippen molar-refractivity contribution in [2.24, 2.45) is 0 Å². The number of piperidine rings is 1. The summed E-state index contributed by atoms with van der Waals surface area (Å²) in [5.74, 6) is 2.55. The first-order valence-electron chi connectivity index (χ1n) is 9.53. The number of benzene rings is 1. The van der Waals surface area contributed by atoms with E-state index in [0.717, 1.165) is 49.0 Å². The Morgan fingerprint density at radius 3 is 2.71 bits per heavy atom. The van der Waals surface area contributed by atoms with Crippen LogP contribution in [0.25, 0.3) is 5.69 Å². The summed E-state index contributed by atoms with van der Waals surface area (Å²) in [5, 5.41) is 6.99. The average Bonchev–Trinajstić information content (AvgIpc) is 3.09. The Morgan fingerprint density at radius 2 is 1.96 bits per heavy atom. The van der Waals surface area contributed by atoms with Gasteiger partial charge in [-0.25, -0.2) is 19.4 Å². The predicted octanol–water partition coefficient (Wildman–Crippen LogP) is 2.11. The quantitative estimate of drug-likeness (QED) is 0.748. The highest BCUT2D eigenvalue weighted by atomic mass is 16.1. The van der Waals surface area contributed by atoms with Gasteiger partial charge in [0.1, 0.15) is 11.6 Å². The van der Waals surface area contributed by atoms with Crippen LogP contribution in [0, 0.1) is 6.92 Å². The lowest BCUT2D eigenvalue weighted by molar-refractivity contribution is 0.482. The molecule has 8 nitrogen and oxygen atoms in total. The van der Waals surface area contributed by atoms with Crippen molar-refractivity contribution < 1.29 is 0 Å². The summed E-state index contributed by atoms with van der Waals surface area (Å²) in [4.78, 5) is 25.8. The molecule has 0 spiro atoms. The minimum atomic E-state index is -0.203. The molecule has 0 bridgehead atoms. The van der Waals surface area contributed by atoms with Crippen molar-refractivity contribution in [3.05, 3.63) is 58.4 Å². The summed E-state index contributed by atoms with van der Waals surface area (Å²) >= 11 is 0. The number of rotatable bonds is 4. The summed E-state index contributed by atoms with van der Waals surface area (Å²) < 4.78 is 1.69. The molecule has 8 heteroatoms. The fraction of sp³-hybridized carbons (Fsp3) is 0.400. The molecular weight excluding hydrogens is 354 g/mol. The number of nitrogens with zero attached hydrogens (tertiary/aromatic N) is 6. The molecule has 0 aliphatic carbocycles. The van der Waals surface area contributed by atoms with Crippen molar-refractivity contribution in [1.82, 2.24) is 24.7 Å². The Morgan fingerprint density at radius 1 is 1.18 bits per heavy atom. The van der Waals surface area contributed by atoms with Crippen LogP contribution in [0.4, 0.5) is 11.8 Å². The molecule has 1 aromatic carbocycles. The third kappa shape index (κ3) is 3.49. The van der Waals surface area contributed by atoms with Crippen molar-refractivity contribution in [3.63, 3.8) is 0 Å². The molecule has 1 atom stereocenters. The van der Waals surface area contributed by atoms with Gasteiger partial charge in [0.15, 0.2) is 0 Å². The Balaban J connectivity index is 1.65. The molecular formula is C20H25N7O. The lowest BCUT2D eigenvalue weighted by Crippen LogP contribution is -2.36. The van der Waals surface area contributed by atoms with Crippen molar-refractivity contribution in [3.8, 4) is 5.69 Å². The van der Waals surface area contributed by atoms with Gasteiger partial charge in [-0.3, -0.25) is 0 Å². The van der Waals surface area contributed by atoms with Crippen LogP contribution in [0.2, 0.25) is 0 Å². The van der Waals surface area contributed by atoms with Crippen LogP contribution in [-0.4, -0.2) is 51.9 Å². The van der Waals surface area contributed by atoms with Crippen LogP contribution in [0.15, 0.2) is 41.2 Å². The molecule has 0 unspecified atom stereocenters. The Bertz CT molecular complexity index is 1010. The first-order chi connectivity index (χ1) is 13.5. The Kier molecular flexibility index (Phi) is 4.85. The van der Waals surface area contributed by atoms with Crippen LogP contribution >= 0.6 is 0 Å². The SMILES string of the molecule is Cc1cc(N2CCC[C@@H](c3n[nH]c(=O)n3-c3ccccc3)C2)nc(N(C)C)n1. The molecule has 28 heavy (non-hydrogen) atoms. The number of anilines is 2. The van der Waals surface area contributed by atoms with Crippen LogP contribution in [0.1, 0.15) is 30.3 Å². The van der Waals surface area contributed by atoms with E-state index in [1.54, 1.807) is 4.57 Å². The zero-order valence-corrected chi connectivity index (χ0v) is 16.5. The second-order valence-corrected chi connectivity index (χ2v) is 7.41. The summed E-state index contributed by atoms with van der Waals surface area (Å²) in [6, 6.07) is 11.7. The lowest BCUT2D eigenvalue weighted by Gasteiger charge is -2.33. The predicted molar refractivity (Wildman–Crippen MR) is 109 cm³/mol. The standard InChI is InChI=1S/C20H25N7O/c1-14-12-17(22-19(21-14)25(2)3)26-11-7-8-15(13-26)18-23-24-20(28)27(18)16-9-5-4-6-10-16/h4-6,9-10,12,15H,7-8,11,13H2,1-3H3,(H,24,28)/t15-/m1/s1. The molecule has 0 radical (unpaired) electrons. The van der Waals surface area contributed by atoms with Crippen molar-refractivity contribution >= 4 is 11.8 Å². The monoisotopic (exact) mass is 379 g/mol. The van der Waals surface area contributed by atoms with Gasteiger partial charge in [-0.1, -0.05) is 18.2 Å². The van der Waals surface area contributed by atoms with Crippen molar-refractivity contribution in [2.75, 3.05) is 37.0 Å². The number of H-pyrrole nitrogens is 1. The largest absolute Gasteiger partial charge is 0.356 e. The molecule has 1 saturated heterocycles. The molecule has 1 fully saturated rings. The molecule has 0 amide bonds. The van der Waals surface area contributed by atoms with Gasteiger partial charge >= 0.3 is 5.69 Å². The van der Waals surface area contributed by atoms with Crippen molar-refractivity contribution in [1.29, 1.82) is 0 Å². The highest BCUT2D eigenvalue weighted by Gasteiger charge is 2.28. The van der Waals surface area contributed by atoms with Crippen LogP contribution in [0.3, 0.4) is 0 Å². The fourth-order valence-electron chi connectivity index (χ4n) is 3.70. The third-order valence-electron chi connectivity index (χ3n) is 5.05. The van der Waals surface area contributed by atoms with E-state index in [0.29, 0.717) is 5.95 Å². The smallest absolute Gasteiger partial charge is 0.347 e. The van der Waals surface area contributed by atoms with Gasteiger partial charge in [0.25, 0.3) is 0 Å². The van der Waals surface area contributed by atoms with E-state index in [1.165, 1.54) is 0 Å². The van der Waals surface area contributed by atoms with Gasteiger partial charge in [-0.15, -0.1) is 0 Å². The molecule has 2 aromatic heterocycles. The van der Waals surface area contributed by atoms with Gasteiger partial charge in [-0.05, 0) is 31.9 Å². The van der Waals surface area contributed by atoms with E-state index in [2.05, 4.69) is 20.1 Å². The van der Waals surface area contributed by atoms with E-state index in [-0.39, 0.29) is 11.6 Å². The van der Waals surface area contributed by atoms with Crippen LogP contribution in [-0.2, 0) is 0 Å². The highest BCUT2D eigenvalue weighted by Crippen LogP contribution is 2.29. The highest BCUT2D eigenvalue weighted by molar-refractivity contribution is 5.46. The van der Waals surface area contributed by atoms with E-state index < -0.39 is 0 Å². The van der Waals surface area contributed by atoms with Crippen LogP contribution < -0.4 is 15.5 Å². The van der Waals surface area contributed by atoms with E-state index in [1.807, 2.05) is 62.3 Å². The van der Waals surface area contributed by atoms with Crippen molar-refractivity contribution in [2.45, 2.75) is 25.7 Å². The Hall–Kier alpha value is -3.16. The minimum absolute atomic E-state index is 0.144. The maximum absolute atomic E-state index is 12.4. The van der Waals surface area contributed by atoms with Gasteiger partial charge in [0.2, 0.25) is 5.95 Å². The molecule has 1 aliphatic rings. The second kappa shape index (κ2) is 7.46. The number of hydrogen-bond donors (Lipinski definition) is 1. The summed E-state index contributed by atoms with van der Waals surface area (Å²) in [6.07, 6.45) is 2.00. The van der Waals surface area contributed by atoms with Gasteiger partial charge < -0.3 is 9.80 Å². The summed E-state index contributed by atoms with van der Waals surface area (Å²) in [6.45, 7) is 3.68. The molecule has 0 saturated carbocycles.